The first-order valence-electron chi connectivity index (χ1n) is 5.73. The second-order valence-electron chi connectivity index (χ2n) is 4.15. The van der Waals surface area contributed by atoms with E-state index in [1.54, 1.807) is 0 Å². The highest BCUT2D eigenvalue weighted by Crippen LogP contribution is 2.32. The van der Waals surface area contributed by atoms with Crippen LogP contribution in [-0.2, 0) is 0 Å². The van der Waals surface area contributed by atoms with Crippen LogP contribution in [-0.4, -0.2) is 15.0 Å². The van der Waals surface area contributed by atoms with Gasteiger partial charge in [0.25, 0.3) is 5.69 Å². The summed E-state index contributed by atoms with van der Waals surface area (Å²) in [6, 6.07) is 2.39. The Morgan fingerprint density at radius 1 is 1.14 bits per heavy atom. The quantitative estimate of drug-likeness (QED) is 0.604. The van der Waals surface area contributed by atoms with Gasteiger partial charge in [-0.3, -0.25) is 20.2 Å². The molecule has 0 atom stereocenters. The maximum Gasteiger partial charge on any atom is 0.338 e. The molecule has 1 aromatic carbocycles. The van der Waals surface area contributed by atoms with E-state index < -0.39 is 9.85 Å². The van der Waals surface area contributed by atoms with Crippen LogP contribution in [0.25, 0.3) is 12.2 Å². The summed E-state index contributed by atoms with van der Waals surface area (Å²) in [6.45, 7) is 1.43. The first-order chi connectivity index (χ1) is 10.3. The van der Waals surface area contributed by atoms with Crippen molar-refractivity contribution in [3.63, 3.8) is 0 Å². The molecule has 1 aromatic heterocycles. The van der Waals surface area contributed by atoms with Gasteiger partial charge < -0.3 is 4.52 Å². The molecule has 0 bridgehead atoms. The van der Waals surface area contributed by atoms with Crippen LogP contribution >= 0.6 is 23.2 Å². The number of nitro groups is 2. The smallest absolute Gasteiger partial charge is 0.338 e. The molecule has 22 heavy (non-hydrogen) atoms. The van der Waals surface area contributed by atoms with E-state index in [0.717, 1.165) is 6.07 Å². The molecule has 0 aliphatic rings. The van der Waals surface area contributed by atoms with Gasteiger partial charge in [-0.25, -0.2) is 0 Å². The van der Waals surface area contributed by atoms with Crippen molar-refractivity contribution in [3.05, 3.63) is 59.4 Å². The first kappa shape index (κ1) is 15.9. The van der Waals surface area contributed by atoms with E-state index in [1.165, 1.54) is 25.1 Å². The molecule has 0 N–H and O–H groups in total. The number of halogens is 2. The lowest BCUT2D eigenvalue weighted by Crippen LogP contribution is -1.91. The van der Waals surface area contributed by atoms with Gasteiger partial charge in [-0.1, -0.05) is 28.4 Å². The molecule has 0 aliphatic heterocycles. The third kappa shape index (κ3) is 3.07. The lowest BCUT2D eigenvalue weighted by atomic mass is 10.1. The number of aryl methyl sites for hydroxylation is 1. The standard InChI is InChI=1S/C12H7Cl2N3O5/c1-6-12(17(20)21)11(22-15-6)3-2-7-4-10(16(18)19)9(14)5-8(7)13/h2-5H,1H3/b3-2+. The Kier molecular flexibility index (Phi) is 4.43. The van der Waals surface area contributed by atoms with Crippen molar-refractivity contribution in [2.75, 3.05) is 0 Å². The molecule has 2 rings (SSSR count). The van der Waals surface area contributed by atoms with E-state index in [0.29, 0.717) is 0 Å². The van der Waals surface area contributed by atoms with Crippen molar-refractivity contribution in [3.8, 4) is 0 Å². The number of rotatable bonds is 4. The molecule has 0 saturated carbocycles. The summed E-state index contributed by atoms with van der Waals surface area (Å²) in [5, 5.41) is 25.3. The minimum absolute atomic E-state index is 0.0869. The number of hydrogen-bond donors (Lipinski definition) is 0. The van der Waals surface area contributed by atoms with Crippen molar-refractivity contribution in [2.45, 2.75) is 6.92 Å². The molecule has 2 aromatic rings. The lowest BCUT2D eigenvalue weighted by molar-refractivity contribution is -0.386. The zero-order chi connectivity index (χ0) is 16.4. The number of aromatic nitrogens is 1. The van der Waals surface area contributed by atoms with Crippen LogP contribution in [0.3, 0.4) is 0 Å². The Hall–Kier alpha value is -2.45. The van der Waals surface area contributed by atoms with Crippen LogP contribution in [0.1, 0.15) is 17.0 Å². The van der Waals surface area contributed by atoms with Crippen LogP contribution in [0.5, 0.6) is 0 Å². The molecule has 0 aliphatic carbocycles. The van der Waals surface area contributed by atoms with Crippen LogP contribution in [0.15, 0.2) is 16.7 Å². The predicted molar refractivity (Wildman–Crippen MR) is 79.9 cm³/mol. The molecule has 0 fully saturated rings. The number of hydrogen-bond acceptors (Lipinski definition) is 6. The molecule has 0 radical (unpaired) electrons. The molecular formula is C12H7Cl2N3O5. The summed E-state index contributed by atoms with van der Waals surface area (Å²) in [7, 11) is 0. The van der Waals surface area contributed by atoms with Gasteiger partial charge in [-0.2, -0.15) is 0 Å². The highest BCUT2D eigenvalue weighted by atomic mass is 35.5. The summed E-state index contributed by atoms with van der Waals surface area (Å²) >= 11 is 11.7. The molecule has 10 heteroatoms. The van der Waals surface area contributed by atoms with E-state index in [-0.39, 0.29) is 38.4 Å². The summed E-state index contributed by atoms with van der Waals surface area (Å²) in [6.07, 6.45) is 2.61. The third-order valence-corrected chi connectivity index (χ3v) is 3.35. The van der Waals surface area contributed by atoms with Crippen LogP contribution in [0, 0.1) is 27.2 Å². The Labute approximate surface area is 133 Å². The minimum atomic E-state index is -0.656. The van der Waals surface area contributed by atoms with E-state index in [9.17, 15) is 20.2 Å². The highest BCUT2D eigenvalue weighted by molar-refractivity contribution is 6.36. The fraction of sp³-hybridized carbons (Fsp3) is 0.0833. The molecular weight excluding hydrogens is 337 g/mol. The summed E-state index contributed by atoms with van der Waals surface area (Å²) in [5.41, 5.74) is -0.219. The largest absolute Gasteiger partial charge is 0.349 e. The van der Waals surface area contributed by atoms with Crippen molar-refractivity contribution in [1.82, 2.24) is 5.16 Å². The van der Waals surface area contributed by atoms with Crippen LogP contribution < -0.4 is 0 Å². The van der Waals surface area contributed by atoms with Crippen LogP contribution in [0.4, 0.5) is 11.4 Å². The van der Waals surface area contributed by atoms with Gasteiger partial charge in [0.05, 0.1) is 9.85 Å². The van der Waals surface area contributed by atoms with E-state index >= 15 is 0 Å². The predicted octanol–water partition coefficient (Wildman–Crippen LogP) is 4.28. The lowest BCUT2D eigenvalue weighted by Gasteiger charge is -2.00. The zero-order valence-corrected chi connectivity index (χ0v) is 12.5. The van der Waals surface area contributed by atoms with Gasteiger partial charge in [-0.05, 0) is 25.1 Å². The van der Waals surface area contributed by atoms with Crippen molar-refractivity contribution >= 4 is 46.7 Å². The van der Waals surface area contributed by atoms with Gasteiger partial charge in [-0.15, -0.1) is 0 Å². The number of nitro benzene ring substituents is 1. The van der Waals surface area contributed by atoms with Crippen LogP contribution in [0.2, 0.25) is 10.0 Å². The zero-order valence-electron chi connectivity index (χ0n) is 10.9. The molecule has 0 spiro atoms. The average Bonchev–Trinajstić information content (AvgIpc) is 2.78. The average molecular weight is 344 g/mol. The summed E-state index contributed by atoms with van der Waals surface area (Å²) in [4.78, 5) is 20.5. The SMILES string of the molecule is Cc1noc(/C=C/c2cc([N+](=O)[O-])c(Cl)cc2Cl)c1[N+](=O)[O-]. The fourth-order valence-electron chi connectivity index (χ4n) is 1.70. The van der Waals surface area contributed by atoms with Gasteiger partial charge >= 0.3 is 5.69 Å². The minimum Gasteiger partial charge on any atom is -0.349 e. The van der Waals surface area contributed by atoms with Gasteiger partial charge in [0, 0.05) is 16.7 Å². The maximum atomic E-state index is 10.9. The molecule has 114 valence electrons. The molecule has 0 amide bonds. The third-order valence-electron chi connectivity index (χ3n) is 2.72. The summed E-state index contributed by atoms with van der Waals surface area (Å²) < 4.78 is 4.84. The summed E-state index contributed by atoms with van der Waals surface area (Å²) in [5.74, 6) is -0.0869. The fourth-order valence-corrected chi connectivity index (χ4v) is 2.22. The second-order valence-corrected chi connectivity index (χ2v) is 4.97. The highest BCUT2D eigenvalue weighted by Gasteiger charge is 2.22. The Morgan fingerprint density at radius 2 is 1.82 bits per heavy atom. The maximum absolute atomic E-state index is 10.9. The first-order valence-corrected chi connectivity index (χ1v) is 6.49. The molecule has 0 unspecified atom stereocenters. The Balaban J connectivity index is 2.45. The second kappa shape index (κ2) is 6.12. The van der Waals surface area contributed by atoms with Gasteiger partial charge in [0.2, 0.25) is 5.76 Å². The number of benzene rings is 1. The van der Waals surface area contributed by atoms with E-state index in [4.69, 9.17) is 27.7 Å². The van der Waals surface area contributed by atoms with Gasteiger partial charge in [0.1, 0.15) is 5.02 Å². The Bertz CT molecular complexity index is 800. The normalized spacial score (nSPS) is 11.0. The van der Waals surface area contributed by atoms with E-state index in [1.807, 2.05) is 0 Å². The number of nitrogens with zero attached hydrogens (tertiary/aromatic N) is 3. The van der Waals surface area contributed by atoms with Gasteiger partial charge in [0.15, 0.2) is 5.69 Å². The van der Waals surface area contributed by atoms with Crippen molar-refractivity contribution in [2.24, 2.45) is 0 Å². The van der Waals surface area contributed by atoms with Crippen molar-refractivity contribution in [1.29, 1.82) is 0 Å². The van der Waals surface area contributed by atoms with Crippen molar-refractivity contribution < 1.29 is 14.4 Å². The van der Waals surface area contributed by atoms with E-state index in [2.05, 4.69) is 5.16 Å². The molecule has 8 nitrogen and oxygen atoms in total. The molecule has 1 heterocycles. The molecule has 0 saturated heterocycles. The monoisotopic (exact) mass is 343 g/mol. The topological polar surface area (TPSA) is 112 Å². The Morgan fingerprint density at radius 3 is 2.41 bits per heavy atom.